The Kier molecular flexibility index (Phi) is 2.39. The Morgan fingerprint density at radius 3 is 0.864 bits per heavy atom. The molecular weight excluding hydrogens is 272 g/mol. The average Bonchev–Trinajstić information content (AvgIpc) is 2.56. The molecule has 0 spiro atoms. The van der Waals surface area contributed by atoms with Crippen LogP contribution in [0, 0.1) is 0 Å². The molecule has 0 fully saturated rings. The summed E-state index contributed by atoms with van der Waals surface area (Å²) in [4.78, 5) is 0. The predicted molar refractivity (Wildman–Crippen MR) is 96.6 cm³/mol. The average molecular weight is 288 g/mol. The summed E-state index contributed by atoms with van der Waals surface area (Å²) in [5.41, 5.74) is 28.1. The molecule has 4 aromatic carbocycles. The molecule has 108 valence electrons. The lowest BCUT2D eigenvalue weighted by Gasteiger charge is -2.17. The van der Waals surface area contributed by atoms with E-state index in [9.17, 15) is 0 Å². The number of hydrogen-bond acceptors (Lipinski definition) is 4. The van der Waals surface area contributed by atoms with Gasteiger partial charge in [-0.3, -0.25) is 0 Å². The fourth-order valence-electron chi connectivity index (χ4n) is 3.27. The zero-order valence-corrected chi connectivity index (χ0v) is 11.9. The van der Waals surface area contributed by atoms with Crippen LogP contribution in [0.5, 0.6) is 0 Å². The second-order valence-electron chi connectivity index (χ2n) is 5.50. The second-order valence-corrected chi connectivity index (χ2v) is 5.50. The molecule has 0 aliphatic heterocycles. The first kappa shape index (κ1) is 12.6. The summed E-state index contributed by atoms with van der Waals surface area (Å²) in [5.74, 6) is 0. The van der Waals surface area contributed by atoms with E-state index in [1.807, 2.05) is 48.5 Å². The van der Waals surface area contributed by atoms with E-state index in [0.717, 1.165) is 32.3 Å². The minimum absolute atomic E-state index is 0.620. The molecule has 0 saturated carbocycles. The highest BCUT2D eigenvalue weighted by Gasteiger charge is 2.17. The highest BCUT2D eigenvalue weighted by molar-refractivity contribution is 6.30. The minimum atomic E-state index is 0.620. The third kappa shape index (κ3) is 1.41. The number of hydrogen-bond donors (Lipinski definition) is 4. The number of benzene rings is 4. The molecule has 0 unspecified atom stereocenters. The van der Waals surface area contributed by atoms with E-state index in [1.54, 1.807) is 0 Å². The van der Waals surface area contributed by atoms with Gasteiger partial charge in [0.15, 0.2) is 0 Å². The highest BCUT2D eigenvalue weighted by Crippen LogP contribution is 2.46. The molecular formula is C18H16N4. The molecule has 0 amide bonds. The molecule has 0 saturated heterocycles. The smallest absolute Gasteiger partial charge is 0.0496 e. The van der Waals surface area contributed by atoms with Crippen LogP contribution in [0.2, 0.25) is 0 Å². The monoisotopic (exact) mass is 288 g/mol. The van der Waals surface area contributed by atoms with Gasteiger partial charge < -0.3 is 22.9 Å². The maximum Gasteiger partial charge on any atom is 0.0496 e. The molecule has 22 heavy (non-hydrogen) atoms. The van der Waals surface area contributed by atoms with Gasteiger partial charge in [-0.05, 0) is 0 Å². The Bertz CT molecular complexity index is 899. The maximum atomic E-state index is 6.39. The fraction of sp³-hybridized carbons (Fsp3) is 0. The summed E-state index contributed by atoms with van der Waals surface area (Å²) in [5, 5.41) is 5.07. The van der Waals surface area contributed by atoms with Crippen LogP contribution >= 0.6 is 0 Å². The summed E-state index contributed by atoms with van der Waals surface area (Å²) in [6, 6.07) is 15.5. The van der Waals surface area contributed by atoms with Crippen LogP contribution in [-0.2, 0) is 0 Å². The SMILES string of the molecule is Nc1c2ccccc2c(N)c2c(N)c3ccccc3c(N)c12. The van der Waals surface area contributed by atoms with Crippen molar-refractivity contribution in [2.24, 2.45) is 0 Å². The van der Waals surface area contributed by atoms with Crippen molar-refractivity contribution in [2.45, 2.75) is 0 Å². The van der Waals surface area contributed by atoms with Gasteiger partial charge in [0, 0.05) is 55.1 Å². The highest BCUT2D eigenvalue weighted by atomic mass is 14.7. The Labute approximate surface area is 127 Å². The molecule has 0 heterocycles. The Balaban J connectivity index is 2.42. The van der Waals surface area contributed by atoms with Crippen molar-refractivity contribution in [3.63, 3.8) is 0 Å². The van der Waals surface area contributed by atoms with Crippen LogP contribution in [0.15, 0.2) is 48.5 Å². The van der Waals surface area contributed by atoms with Crippen molar-refractivity contribution in [2.75, 3.05) is 22.9 Å². The molecule has 0 atom stereocenters. The van der Waals surface area contributed by atoms with Crippen LogP contribution in [0.1, 0.15) is 0 Å². The van der Waals surface area contributed by atoms with Crippen molar-refractivity contribution < 1.29 is 0 Å². The largest absolute Gasteiger partial charge is 0.398 e. The lowest BCUT2D eigenvalue weighted by Crippen LogP contribution is -2.02. The topological polar surface area (TPSA) is 104 Å². The van der Waals surface area contributed by atoms with Gasteiger partial charge in [-0.1, -0.05) is 48.5 Å². The minimum Gasteiger partial charge on any atom is -0.398 e. The molecule has 0 aromatic heterocycles. The van der Waals surface area contributed by atoms with Crippen molar-refractivity contribution in [3.05, 3.63) is 48.5 Å². The maximum absolute atomic E-state index is 6.39. The first-order valence-electron chi connectivity index (χ1n) is 7.06. The van der Waals surface area contributed by atoms with Crippen LogP contribution in [0.3, 0.4) is 0 Å². The molecule has 4 heteroatoms. The third-order valence-corrected chi connectivity index (χ3v) is 4.34. The van der Waals surface area contributed by atoms with E-state index in [4.69, 9.17) is 22.9 Å². The second kappa shape index (κ2) is 4.18. The van der Waals surface area contributed by atoms with Crippen LogP contribution in [0.4, 0.5) is 22.7 Å². The Morgan fingerprint density at radius 2 is 0.636 bits per heavy atom. The van der Waals surface area contributed by atoms with Gasteiger partial charge in [0.1, 0.15) is 0 Å². The number of anilines is 4. The Morgan fingerprint density at radius 1 is 0.409 bits per heavy atom. The van der Waals surface area contributed by atoms with Gasteiger partial charge in [-0.25, -0.2) is 0 Å². The van der Waals surface area contributed by atoms with E-state index in [2.05, 4.69) is 0 Å². The first-order valence-corrected chi connectivity index (χ1v) is 7.06. The molecule has 0 aliphatic rings. The van der Waals surface area contributed by atoms with E-state index in [0.29, 0.717) is 22.7 Å². The van der Waals surface area contributed by atoms with E-state index >= 15 is 0 Å². The van der Waals surface area contributed by atoms with Gasteiger partial charge in [0.2, 0.25) is 0 Å². The molecule has 0 bridgehead atoms. The normalized spacial score (nSPS) is 11.5. The summed E-state index contributed by atoms with van der Waals surface area (Å²) in [6.07, 6.45) is 0. The lowest BCUT2D eigenvalue weighted by atomic mass is 9.93. The van der Waals surface area contributed by atoms with Crippen molar-refractivity contribution in [1.29, 1.82) is 0 Å². The lowest BCUT2D eigenvalue weighted by molar-refractivity contribution is 1.73. The van der Waals surface area contributed by atoms with Gasteiger partial charge in [-0.15, -0.1) is 0 Å². The van der Waals surface area contributed by atoms with Gasteiger partial charge in [-0.2, -0.15) is 0 Å². The van der Waals surface area contributed by atoms with E-state index in [-0.39, 0.29) is 0 Å². The Hall–Kier alpha value is -3.14. The van der Waals surface area contributed by atoms with Crippen molar-refractivity contribution in [3.8, 4) is 0 Å². The van der Waals surface area contributed by atoms with Crippen LogP contribution < -0.4 is 22.9 Å². The molecule has 4 rings (SSSR count). The van der Waals surface area contributed by atoms with E-state index in [1.165, 1.54) is 0 Å². The molecule has 4 aromatic rings. The quantitative estimate of drug-likeness (QED) is 0.226. The predicted octanol–water partition coefficient (Wildman–Crippen LogP) is 3.48. The first-order chi connectivity index (χ1) is 10.6. The van der Waals surface area contributed by atoms with Crippen LogP contribution in [-0.4, -0.2) is 0 Å². The summed E-state index contributed by atoms with van der Waals surface area (Å²) in [6.45, 7) is 0. The summed E-state index contributed by atoms with van der Waals surface area (Å²) >= 11 is 0. The van der Waals surface area contributed by atoms with Crippen LogP contribution in [0.25, 0.3) is 32.3 Å². The number of nitrogen functional groups attached to an aromatic ring is 4. The summed E-state index contributed by atoms with van der Waals surface area (Å²) in [7, 11) is 0. The zero-order chi connectivity index (χ0) is 15.4. The third-order valence-electron chi connectivity index (χ3n) is 4.34. The summed E-state index contributed by atoms with van der Waals surface area (Å²) < 4.78 is 0. The van der Waals surface area contributed by atoms with Crippen molar-refractivity contribution in [1.82, 2.24) is 0 Å². The standard InChI is InChI=1S/C18H16N4/c19-15-9-5-1-2-6-10(9)16(20)14-13(15)17(21)11-7-3-4-8-12(11)18(14)22/h1-8H,19-22H2. The number of nitrogens with two attached hydrogens (primary N) is 4. The zero-order valence-electron chi connectivity index (χ0n) is 11.9. The molecule has 4 nitrogen and oxygen atoms in total. The molecule has 0 aliphatic carbocycles. The fourth-order valence-corrected chi connectivity index (χ4v) is 3.27. The number of fused-ring (bicyclic) bond motifs is 3. The number of rotatable bonds is 0. The van der Waals surface area contributed by atoms with Gasteiger partial charge in [0.05, 0.1) is 0 Å². The molecule has 0 radical (unpaired) electrons. The van der Waals surface area contributed by atoms with Gasteiger partial charge in [0.25, 0.3) is 0 Å². The molecule has 8 N–H and O–H groups in total. The van der Waals surface area contributed by atoms with Gasteiger partial charge >= 0.3 is 0 Å². The van der Waals surface area contributed by atoms with E-state index < -0.39 is 0 Å². The van der Waals surface area contributed by atoms with Crippen molar-refractivity contribution >= 4 is 55.1 Å².